The molecule has 1 aliphatic carbocycles. The first-order chi connectivity index (χ1) is 12.6. The molecule has 0 aromatic heterocycles. The zero-order chi connectivity index (χ0) is 18.9. The molecule has 0 saturated heterocycles. The first-order valence-electron chi connectivity index (χ1n) is 8.94. The zero-order valence-electron chi connectivity index (χ0n) is 15.7. The Labute approximate surface area is 154 Å². The third-order valence-corrected chi connectivity index (χ3v) is 4.42. The van der Waals surface area contributed by atoms with Gasteiger partial charge in [0, 0.05) is 6.54 Å². The lowest BCUT2D eigenvalue weighted by Crippen LogP contribution is -2.36. The van der Waals surface area contributed by atoms with Crippen molar-refractivity contribution >= 4 is 11.9 Å². The minimum atomic E-state index is -0.905. The van der Waals surface area contributed by atoms with Crippen molar-refractivity contribution in [1.82, 2.24) is 5.32 Å². The largest absolute Gasteiger partial charge is 0.496 e. The molecule has 142 valence electrons. The molecule has 0 spiro atoms. The Balaban J connectivity index is 1.90. The van der Waals surface area contributed by atoms with E-state index in [1.54, 1.807) is 25.1 Å². The van der Waals surface area contributed by atoms with Gasteiger partial charge in [0.2, 0.25) is 0 Å². The van der Waals surface area contributed by atoms with Crippen molar-refractivity contribution < 1.29 is 23.8 Å². The molecule has 6 heteroatoms. The van der Waals surface area contributed by atoms with Gasteiger partial charge in [-0.1, -0.05) is 17.7 Å². The first kappa shape index (κ1) is 19.8. The topological polar surface area (TPSA) is 73.9 Å². The first-order valence-corrected chi connectivity index (χ1v) is 8.94. The maximum atomic E-state index is 12.5. The van der Waals surface area contributed by atoms with Crippen LogP contribution in [0.25, 0.3) is 0 Å². The quantitative estimate of drug-likeness (QED) is 0.568. The maximum Gasteiger partial charge on any atom is 0.346 e. The van der Waals surface area contributed by atoms with E-state index >= 15 is 0 Å². The molecule has 1 aromatic carbocycles. The van der Waals surface area contributed by atoms with Crippen LogP contribution in [0.3, 0.4) is 0 Å². The Bertz CT molecular complexity index is 646. The summed E-state index contributed by atoms with van der Waals surface area (Å²) in [7, 11) is 2.92. The molecule has 0 aliphatic heterocycles. The van der Waals surface area contributed by atoms with Gasteiger partial charge in [0.05, 0.1) is 14.2 Å². The van der Waals surface area contributed by atoms with Crippen LogP contribution in [0.2, 0.25) is 0 Å². The van der Waals surface area contributed by atoms with Gasteiger partial charge in [-0.2, -0.15) is 0 Å². The molecule has 26 heavy (non-hydrogen) atoms. The number of nitrogens with one attached hydrogen (secondary N) is 1. The molecule has 0 radical (unpaired) electrons. The van der Waals surface area contributed by atoms with Gasteiger partial charge in [-0.3, -0.25) is 4.79 Å². The van der Waals surface area contributed by atoms with E-state index in [2.05, 4.69) is 11.4 Å². The van der Waals surface area contributed by atoms with E-state index < -0.39 is 12.1 Å². The number of amides is 1. The molecule has 0 bridgehead atoms. The molecule has 1 amide bonds. The lowest BCUT2D eigenvalue weighted by atomic mass is 9.97. The number of carbonyl (C=O) groups excluding carboxylic acids is 2. The number of carbonyl (C=O) groups is 2. The second-order valence-corrected chi connectivity index (χ2v) is 6.23. The van der Waals surface area contributed by atoms with Crippen LogP contribution < -0.4 is 14.8 Å². The molecule has 1 aliphatic rings. The number of esters is 1. The Morgan fingerprint density at radius 1 is 1.15 bits per heavy atom. The van der Waals surface area contributed by atoms with Crippen LogP contribution in [0.5, 0.6) is 11.5 Å². The molecule has 0 unspecified atom stereocenters. The van der Waals surface area contributed by atoms with E-state index in [0.717, 1.165) is 19.3 Å². The third-order valence-electron chi connectivity index (χ3n) is 4.42. The Morgan fingerprint density at radius 3 is 2.42 bits per heavy atom. The fourth-order valence-corrected chi connectivity index (χ4v) is 2.95. The maximum absolute atomic E-state index is 12.5. The summed E-state index contributed by atoms with van der Waals surface area (Å²) in [5.74, 6) is -0.294. The van der Waals surface area contributed by atoms with Gasteiger partial charge in [0.25, 0.3) is 5.91 Å². The molecule has 6 nitrogen and oxygen atoms in total. The van der Waals surface area contributed by atoms with Crippen molar-refractivity contribution in [2.45, 2.75) is 45.1 Å². The summed E-state index contributed by atoms with van der Waals surface area (Å²) in [6.45, 7) is 2.10. The number of methoxy groups -OCH3 is 2. The second-order valence-electron chi connectivity index (χ2n) is 6.23. The number of benzene rings is 1. The standard InChI is InChI=1S/C20H27NO5/c1-14(19(22)21-13-12-15-8-5-4-6-9-15)26-20(23)18-16(24-2)10-7-11-17(18)25-3/h7-8,10-11,14H,4-6,9,12-13H2,1-3H3,(H,21,22)/t14-/m1/s1. The lowest BCUT2D eigenvalue weighted by Gasteiger charge is -2.17. The molecule has 0 fully saturated rings. The van der Waals surface area contributed by atoms with Crippen LogP contribution >= 0.6 is 0 Å². The Kier molecular flexibility index (Phi) is 7.51. The van der Waals surface area contributed by atoms with Crippen molar-refractivity contribution in [2.75, 3.05) is 20.8 Å². The minimum Gasteiger partial charge on any atom is -0.496 e. The van der Waals surface area contributed by atoms with E-state index in [0.29, 0.717) is 18.0 Å². The third kappa shape index (κ3) is 5.25. The summed E-state index contributed by atoms with van der Waals surface area (Å²) in [6.07, 6.45) is 6.88. The van der Waals surface area contributed by atoms with Gasteiger partial charge in [-0.15, -0.1) is 0 Å². The molecule has 1 N–H and O–H groups in total. The highest BCUT2D eigenvalue weighted by Gasteiger charge is 2.24. The number of hydrogen-bond acceptors (Lipinski definition) is 5. The fourth-order valence-electron chi connectivity index (χ4n) is 2.95. The zero-order valence-corrected chi connectivity index (χ0v) is 15.7. The Hall–Kier alpha value is -2.50. The van der Waals surface area contributed by atoms with Gasteiger partial charge >= 0.3 is 5.97 Å². The van der Waals surface area contributed by atoms with Gasteiger partial charge in [-0.05, 0) is 51.2 Å². The number of rotatable bonds is 8. The van der Waals surface area contributed by atoms with Crippen LogP contribution in [-0.4, -0.2) is 38.7 Å². The van der Waals surface area contributed by atoms with Crippen molar-refractivity contribution in [3.8, 4) is 11.5 Å². The van der Waals surface area contributed by atoms with Crippen molar-refractivity contribution in [2.24, 2.45) is 0 Å². The average molecular weight is 361 g/mol. The van der Waals surface area contributed by atoms with Crippen LogP contribution in [0.15, 0.2) is 29.8 Å². The minimum absolute atomic E-state index is 0.171. The predicted octanol–water partition coefficient (Wildman–Crippen LogP) is 3.26. The average Bonchev–Trinajstić information content (AvgIpc) is 2.67. The van der Waals surface area contributed by atoms with Gasteiger partial charge in [-0.25, -0.2) is 4.79 Å². The second kappa shape index (κ2) is 9.85. The van der Waals surface area contributed by atoms with E-state index in [9.17, 15) is 9.59 Å². The van der Waals surface area contributed by atoms with Crippen molar-refractivity contribution in [3.63, 3.8) is 0 Å². The summed E-state index contributed by atoms with van der Waals surface area (Å²) in [6, 6.07) is 4.99. The molecule has 0 heterocycles. The van der Waals surface area contributed by atoms with E-state index in [4.69, 9.17) is 14.2 Å². The van der Waals surface area contributed by atoms with Gasteiger partial charge in [0.1, 0.15) is 17.1 Å². The summed E-state index contributed by atoms with van der Waals surface area (Å²) < 4.78 is 15.7. The number of hydrogen-bond donors (Lipinski definition) is 1. The predicted molar refractivity (Wildman–Crippen MR) is 98.6 cm³/mol. The molecule has 2 rings (SSSR count). The van der Waals surface area contributed by atoms with E-state index in [-0.39, 0.29) is 11.5 Å². The molecule has 0 saturated carbocycles. The monoisotopic (exact) mass is 361 g/mol. The van der Waals surface area contributed by atoms with Crippen LogP contribution in [-0.2, 0) is 9.53 Å². The van der Waals surface area contributed by atoms with Gasteiger partial charge < -0.3 is 19.5 Å². The summed E-state index contributed by atoms with van der Waals surface area (Å²) in [4.78, 5) is 24.7. The number of allylic oxidation sites excluding steroid dienone is 1. The highest BCUT2D eigenvalue weighted by Crippen LogP contribution is 2.29. The summed E-state index contributed by atoms with van der Waals surface area (Å²) >= 11 is 0. The molecular formula is C20H27NO5. The normalized spacial score (nSPS) is 14.8. The molecular weight excluding hydrogens is 334 g/mol. The number of ether oxygens (including phenoxy) is 3. The van der Waals surface area contributed by atoms with Crippen molar-refractivity contribution in [3.05, 3.63) is 35.4 Å². The van der Waals surface area contributed by atoms with Crippen LogP contribution in [0.1, 0.15) is 49.4 Å². The van der Waals surface area contributed by atoms with Crippen molar-refractivity contribution in [1.29, 1.82) is 0 Å². The highest BCUT2D eigenvalue weighted by atomic mass is 16.6. The Morgan fingerprint density at radius 2 is 1.85 bits per heavy atom. The molecule has 1 atom stereocenters. The lowest BCUT2D eigenvalue weighted by molar-refractivity contribution is -0.129. The van der Waals surface area contributed by atoms with E-state index in [1.165, 1.54) is 32.6 Å². The fraction of sp³-hybridized carbons (Fsp3) is 0.500. The summed E-state index contributed by atoms with van der Waals surface area (Å²) in [5, 5.41) is 2.82. The SMILES string of the molecule is COc1cccc(OC)c1C(=O)O[C@H](C)C(=O)NCCC1=CCCCC1. The molecule has 1 aromatic rings. The van der Waals surface area contributed by atoms with E-state index in [1.807, 2.05) is 0 Å². The van der Waals surface area contributed by atoms with Crippen LogP contribution in [0, 0.1) is 0 Å². The van der Waals surface area contributed by atoms with Crippen LogP contribution in [0.4, 0.5) is 0 Å². The van der Waals surface area contributed by atoms with Gasteiger partial charge in [0.15, 0.2) is 6.10 Å². The summed E-state index contributed by atoms with van der Waals surface area (Å²) in [5.41, 5.74) is 1.56. The smallest absolute Gasteiger partial charge is 0.346 e. The highest BCUT2D eigenvalue weighted by molar-refractivity contribution is 5.97.